The summed E-state index contributed by atoms with van der Waals surface area (Å²) < 4.78 is 0. The number of carbonyl (C=O) groups is 1. The van der Waals surface area contributed by atoms with Gasteiger partial charge >= 0.3 is 0 Å². The van der Waals surface area contributed by atoms with E-state index in [-0.39, 0.29) is 11.6 Å². The molecule has 4 rings (SSSR count). The fourth-order valence-corrected chi connectivity index (χ4v) is 3.34. The third-order valence-corrected chi connectivity index (χ3v) is 4.95. The van der Waals surface area contributed by atoms with Gasteiger partial charge in [-0.05, 0) is 30.5 Å². The normalized spacial score (nSPS) is 10.7. The van der Waals surface area contributed by atoms with Gasteiger partial charge in [-0.3, -0.25) is 19.9 Å². The van der Waals surface area contributed by atoms with Crippen LogP contribution in [0.2, 0.25) is 0 Å². The van der Waals surface area contributed by atoms with E-state index in [0.717, 1.165) is 10.9 Å². The van der Waals surface area contributed by atoms with Crippen molar-refractivity contribution in [2.45, 2.75) is 5.16 Å². The number of nitrogens with one attached hydrogen (secondary N) is 1. The molecule has 2 aromatic carbocycles. The Balaban J connectivity index is 1.68. The molecular formula is C21H15N5O3S. The molecule has 2 aromatic heterocycles. The summed E-state index contributed by atoms with van der Waals surface area (Å²) in [6.07, 6.45) is 3.42. The van der Waals surface area contributed by atoms with Gasteiger partial charge in [-0.25, -0.2) is 9.97 Å². The Morgan fingerprint density at radius 1 is 1.07 bits per heavy atom. The van der Waals surface area contributed by atoms with Crippen LogP contribution in [0.1, 0.15) is 10.4 Å². The summed E-state index contributed by atoms with van der Waals surface area (Å²) in [6.45, 7) is 0. The molecule has 0 unspecified atom stereocenters. The van der Waals surface area contributed by atoms with Crippen molar-refractivity contribution >= 4 is 40.1 Å². The Labute approximate surface area is 175 Å². The number of nitrogens with zero attached hydrogens (tertiary/aromatic N) is 4. The molecular weight excluding hydrogens is 402 g/mol. The van der Waals surface area contributed by atoms with Gasteiger partial charge in [-0.2, -0.15) is 0 Å². The van der Waals surface area contributed by atoms with Crippen LogP contribution in [-0.4, -0.2) is 32.0 Å². The fraction of sp³-hybridized carbons (Fsp3) is 0.0476. The molecule has 0 bridgehead atoms. The van der Waals surface area contributed by atoms with E-state index >= 15 is 0 Å². The third-order valence-electron chi connectivity index (χ3n) is 4.40. The number of anilines is 1. The maximum atomic E-state index is 12.9. The van der Waals surface area contributed by atoms with E-state index in [0.29, 0.717) is 27.8 Å². The SMILES string of the molecule is CSc1nc(NC(=O)c2ccnc3ccccc23)cc(-c2ccc([N+](=O)[O-])cc2)n1. The predicted octanol–water partition coefficient (Wildman–Crippen LogP) is 4.57. The maximum absolute atomic E-state index is 12.9. The van der Waals surface area contributed by atoms with Crippen molar-refractivity contribution in [1.29, 1.82) is 0 Å². The van der Waals surface area contributed by atoms with E-state index in [9.17, 15) is 14.9 Å². The second-order valence-corrected chi connectivity index (χ2v) is 7.03. The topological polar surface area (TPSA) is 111 Å². The molecule has 9 heteroatoms. The number of carbonyl (C=O) groups excluding carboxylic acids is 1. The lowest BCUT2D eigenvalue weighted by atomic mass is 10.1. The number of rotatable bonds is 5. The predicted molar refractivity (Wildman–Crippen MR) is 116 cm³/mol. The number of para-hydroxylation sites is 1. The molecule has 0 aliphatic rings. The van der Waals surface area contributed by atoms with Gasteiger partial charge in [0.15, 0.2) is 5.16 Å². The van der Waals surface area contributed by atoms with Crippen LogP contribution in [0, 0.1) is 10.1 Å². The van der Waals surface area contributed by atoms with Crippen molar-refractivity contribution in [1.82, 2.24) is 15.0 Å². The number of hydrogen-bond acceptors (Lipinski definition) is 7. The second-order valence-electron chi connectivity index (χ2n) is 6.26. The molecule has 0 saturated heterocycles. The number of non-ortho nitro benzene ring substituents is 1. The van der Waals surface area contributed by atoms with Crippen molar-refractivity contribution in [3.63, 3.8) is 0 Å². The van der Waals surface area contributed by atoms with Crippen LogP contribution in [0.3, 0.4) is 0 Å². The average Bonchev–Trinajstić information content (AvgIpc) is 2.78. The number of amides is 1. The van der Waals surface area contributed by atoms with E-state index in [1.54, 1.807) is 30.5 Å². The van der Waals surface area contributed by atoms with Crippen molar-refractivity contribution < 1.29 is 9.72 Å². The van der Waals surface area contributed by atoms with E-state index in [2.05, 4.69) is 20.3 Å². The number of fused-ring (bicyclic) bond motifs is 1. The molecule has 1 N–H and O–H groups in total. The molecule has 8 nitrogen and oxygen atoms in total. The van der Waals surface area contributed by atoms with Crippen molar-refractivity contribution in [3.05, 3.63) is 82.5 Å². The highest BCUT2D eigenvalue weighted by Gasteiger charge is 2.14. The Bertz CT molecular complexity index is 1260. The maximum Gasteiger partial charge on any atom is 0.269 e. The van der Waals surface area contributed by atoms with Gasteiger partial charge in [-0.1, -0.05) is 30.0 Å². The highest BCUT2D eigenvalue weighted by atomic mass is 32.2. The molecule has 4 aromatic rings. The largest absolute Gasteiger partial charge is 0.306 e. The molecule has 0 aliphatic carbocycles. The summed E-state index contributed by atoms with van der Waals surface area (Å²) >= 11 is 1.33. The van der Waals surface area contributed by atoms with E-state index in [1.807, 2.05) is 30.5 Å². The van der Waals surface area contributed by atoms with Crippen LogP contribution >= 0.6 is 11.8 Å². The lowest BCUT2D eigenvalue weighted by molar-refractivity contribution is -0.384. The van der Waals surface area contributed by atoms with Gasteiger partial charge < -0.3 is 5.32 Å². The highest BCUT2D eigenvalue weighted by molar-refractivity contribution is 7.98. The summed E-state index contributed by atoms with van der Waals surface area (Å²) in [4.78, 5) is 36.4. The molecule has 0 fully saturated rings. The molecule has 30 heavy (non-hydrogen) atoms. The molecule has 0 radical (unpaired) electrons. The first kappa shape index (κ1) is 19.5. The molecule has 0 spiro atoms. The molecule has 2 heterocycles. The van der Waals surface area contributed by atoms with Gasteiger partial charge in [0, 0.05) is 35.3 Å². The Morgan fingerprint density at radius 2 is 1.83 bits per heavy atom. The number of aromatic nitrogens is 3. The zero-order valence-corrected chi connectivity index (χ0v) is 16.6. The smallest absolute Gasteiger partial charge is 0.269 e. The van der Waals surface area contributed by atoms with Gasteiger partial charge in [0.1, 0.15) is 5.82 Å². The molecule has 0 aliphatic heterocycles. The summed E-state index contributed by atoms with van der Waals surface area (Å²) in [5.74, 6) is 0.0302. The third kappa shape index (κ3) is 3.96. The van der Waals surface area contributed by atoms with Gasteiger partial charge in [0.2, 0.25) is 0 Å². The van der Waals surface area contributed by atoms with Crippen LogP contribution in [-0.2, 0) is 0 Å². The minimum absolute atomic E-state index is 0.00372. The second kappa shape index (κ2) is 8.26. The summed E-state index contributed by atoms with van der Waals surface area (Å²) in [5.41, 5.74) is 2.45. The average molecular weight is 417 g/mol. The van der Waals surface area contributed by atoms with Crippen LogP contribution in [0.5, 0.6) is 0 Å². The van der Waals surface area contributed by atoms with E-state index in [1.165, 1.54) is 23.9 Å². The number of thioether (sulfide) groups is 1. The first-order valence-electron chi connectivity index (χ1n) is 8.88. The quantitative estimate of drug-likeness (QED) is 0.219. The monoisotopic (exact) mass is 417 g/mol. The van der Waals surface area contributed by atoms with Gasteiger partial charge in [0.25, 0.3) is 11.6 Å². The van der Waals surface area contributed by atoms with Crippen LogP contribution in [0.4, 0.5) is 11.5 Å². The first-order valence-corrected chi connectivity index (χ1v) is 10.1. The number of hydrogen-bond donors (Lipinski definition) is 1. The zero-order valence-electron chi connectivity index (χ0n) is 15.8. The fourth-order valence-electron chi connectivity index (χ4n) is 2.96. The Morgan fingerprint density at radius 3 is 2.57 bits per heavy atom. The summed E-state index contributed by atoms with van der Waals surface area (Å²) in [7, 11) is 0. The Hall–Kier alpha value is -3.85. The van der Waals surface area contributed by atoms with Crippen molar-refractivity contribution in [2.75, 3.05) is 11.6 Å². The molecule has 0 saturated carbocycles. The first-order chi connectivity index (χ1) is 14.5. The standard InChI is InChI=1S/C21H15N5O3S/c1-30-21-23-18(13-6-8-14(9-7-13)26(28)29)12-19(25-21)24-20(27)16-10-11-22-17-5-3-2-4-15(16)17/h2-12H,1H3,(H,23,24,25,27). The summed E-state index contributed by atoms with van der Waals surface area (Å²) in [5, 5.41) is 14.9. The van der Waals surface area contributed by atoms with Crippen molar-refractivity contribution in [2.24, 2.45) is 0 Å². The van der Waals surface area contributed by atoms with Crippen LogP contribution in [0.25, 0.3) is 22.2 Å². The number of pyridine rings is 1. The van der Waals surface area contributed by atoms with Crippen LogP contribution in [0.15, 0.2) is 72.0 Å². The molecule has 0 atom stereocenters. The minimum Gasteiger partial charge on any atom is -0.306 e. The number of nitro benzene ring substituents is 1. The number of nitro groups is 1. The highest BCUT2D eigenvalue weighted by Crippen LogP contribution is 2.25. The number of benzene rings is 2. The van der Waals surface area contributed by atoms with E-state index < -0.39 is 4.92 Å². The van der Waals surface area contributed by atoms with Crippen LogP contribution < -0.4 is 5.32 Å². The minimum atomic E-state index is -0.457. The molecule has 1 amide bonds. The van der Waals surface area contributed by atoms with Gasteiger partial charge in [-0.15, -0.1) is 0 Å². The molecule has 148 valence electrons. The Kier molecular flexibility index (Phi) is 5.36. The zero-order chi connectivity index (χ0) is 21.1. The summed E-state index contributed by atoms with van der Waals surface area (Å²) in [6, 6.07) is 16.8. The van der Waals surface area contributed by atoms with Crippen molar-refractivity contribution in [3.8, 4) is 11.3 Å². The lowest BCUT2D eigenvalue weighted by Gasteiger charge is -2.10. The van der Waals surface area contributed by atoms with Gasteiger partial charge in [0.05, 0.1) is 21.7 Å². The van der Waals surface area contributed by atoms with E-state index in [4.69, 9.17) is 0 Å². The lowest BCUT2D eigenvalue weighted by Crippen LogP contribution is -2.14.